The number of nitrogens with zero attached hydrogens (tertiary/aromatic N) is 1. The molecule has 1 fully saturated rings. The van der Waals surface area contributed by atoms with Gasteiger partial charge in [0.2, 0.25) is 0 Å². The lowest BCUT2D eigenvalue weighted by Crippen LogP contribution is -2.36. The summed E-state index contributed by atoms with van der Waals surface area (Å²) in [5.74, 6) is 0. The van der Waals surface area contributed by atoms with Gasteiger partial charge in [-0.3, -0.25) is 4.90 Å². The molecule has 0 aromatic rings. The zero-order valence-corrected chi connectivity index (χ0v) is 12.3. The van der Waals surface area contributed by atoms with E-state index < -0.39 is 0 Å². The number of rotatable bonds is 8. The van der Waals surface area contributed by atoms with Crippen molar-refractivity contribution in [3.05, 3.63) is 0 Å². The largest absolute Gasteiger partial charge is 0.314 e. The minimum Gasteiger partial charge on any atom is -0.314 e. The molecule has 0 aromatic heterocycles. The number of hydrogen-bond acceptors (Lipinski definition) is 2. The van der Waals surface area contributed by atoms with Crippen molar-refractivity contribution < 1.29 is 0 Å². The average molecular weight is 240 g/mol. The van der Waals surface area contributed by atoms with Crippen molar-refractivity contribution in [2.45, 2.75) is 84.3 Å². The molecule has 1 saturated heterocycles. The van der Waals surface area contributed by atoms with Gasteiger partial charge >= 0.3 is 0 Å². The van der Waals surface area contributed by atoms with Gasteiger partial charge in [-0.25, -0.2) is 0 Å². The van der Waals surface area contributed by atoms with Crippen LogP contribution in [0, 0.1) is 0 Å². The van der Waals surface area contributed by atoms with Gasteiger partial charge in [-0.2, -0.15) is 0 Å². The highest BCUT2D eigenvalue weighted by Crippen LogP contribution is 2.26. The van der Waals surface area contributed by atoms with E-state index >= 15 is 0 Å². The Kier molecular flexibility index (Phi) is 7.14. The molecular weight excluding hydrogens is 208 g/mol. The third kappa shape index (κ3) is 4.59. The molecule has 0 saturated carbocycles. The van der Waals surface area contributed by atoms with E-state index in [2.05, 4.69) is 37.9 Å². The topological polar surface area (TPSA) is 15.3 Å². The van der Waals surface area contributed by atoms with Crippen molar-refractivity contribution in [3.8, 4) is 0 Å². The first kappa shape index (κ1) is 15.0. The Bertz CT molecular complexity index is 193. The molecule has 0 bridgehead atoms. The standard InChI is InChI=1S/C15H32N2/c1-5-14(16-7-3)9-8-12-17-13(4)10-11-15(17)6-2/h13-16H,5-12H2,1-4H3. The zero-order chi connectivity index (χ0) is 12.7. The van der Waals surface area contributed by atoms with Crippen LogP contribution in [0.25, 0.3) is 0 Å². The molecule has 3 unspecified atom stereocenters. The SMILES string of the molecule is CCNC(CC)CCCN1C(C)CCC1CC. The Morgan fingerprint density at radius 1 is 1.24 bits per heavy atom. The molecule has 1 aliphatic heterocycles. The molecule has 1 N–H and O–H groups in total. The molecule has 1 aliphatic rings. The second-order valence-electron chi connectivity index (χ2n) is 5.53. The lowest BCUT2D eigenvalue weighted by Gasteiger charge is -2.28. The first-order valence-electron chi connectivity index (χ1n) is 7.71. The second-order valence-corrected chi connectivity index (χ2v) is 5.53. The Morgan fingerprint density at radius 2 is 2.00 bits per heavy atom. The minimum absolute atomic E-state index is 0.734. The molecule has 0 amide bonds. The minimum atomic E-state index is 0.734. The van der Waals surface area contributed by atoms with Gasteiger partial charge in [0, 0.05) is 18.1 Å². The van der Waals surface area contributed by atoms with Crippen LogP contribution in [0.15, 0.2) is 0 Å². The van der Waals surface area contributed by atoms with Gasteiger partial charge in [0.1, 0.15) is 0 Å². The lowest BCUT2D eigenvalue weighted by atomic mass is 10.1. The van der Waals surface area contributed by atoms with E-state index in [0.29, 0.717) is 0 Å². The summed E-state index contributed by atoms with van der Waals surface area (Å²) in [5, 5.41) is 3.58. The summed E-state index contributed by atoms with van der Waals surface area (Å²) in [6.07, 6.45) is 8.11. The smallest absolute Gasteiger partial charge is 0.00960 e. The highest BCUT2D eigenvalue weighted by molar-refractivity contribution is 4.84. The molecule has 2 nitrogen and oxygen atoms in total. The normalized spacial score (nSPS) is 27.5. The maximum absolute atomic E-state index is 3.58. The molecule has 0 aromatic carbocycles. The number of likely N-dealkylation sites (tertiary alicyclic amines) is 1. The van der Waals surface area contributed by atoms with E-state index in [0.717, 1.165) is 24.7 Å². The summed E-state index contributed by atoms with van der Waals surface area (Å²) in [7, 11) is 0. The lowest BCUT2D eigenvalue weighted by molar-refractivity contribution is 0.192. The first-order chi connectivity index (χ1) is 8.22. The van der Waals surface area contributed by atoms with Crippen LogP contribution in [0.2, 0.25) is 0 Å². The fourth-order valence-corrected chi connectivity index (χ4v) is 3.23. The summed E-state index contributed by atoms with van der Waals surface area (Å²) >= 11 is 0. The van der Waals surface area contributed by atoms with Gasteiger partial charge in [-0.05, 0) is 58.5 Å². The van der Waals surface area contributed by atoms with Crippen LogP contribution in [0.5, 0.6) is 0 Å². The van der Waals surface area contributed by atoms with Crippen LogP contribution in [0.1, 0.15) is 66.2 Å². The number of hydrogen-bond donors (Lipinski definition) is 1. The predicted octanol–water partition coefficient (Wildman–Crippen LogP) is 3.42. The van der Waals surface area contributed by atoms with E-state index in [4.69, 9.17) is 0 Å². The summed E-state index contributed by atoms with van der Waals surface area (Å²) < 4.78 is 0. The van der Waals surface area contributed by atoms with Crippen LogP contribution < -0.4 is 5.32 Å². The van der Waals surface area contributed by atoms with Crippen molar-refractivity contribution >= 4 is 0 Å². The molecule has 0 aliphatic carbocycles. The number of nitrogens with one attached hydrogen (secondary N) is 1. The maximum atomic E-state index is 3.58. The van der Waals surface area contributed by atoms with Crippen molar-refractivity contribution in [2.24, 2.45) is 0 Å². The third-order valence-electron chi connectivity index (χ3n) is 4.38. The highest BCUT2D eigenvalue weighted by atomic mass is 15.2. The van der Waals surface area contributed by atoms with E-state index in [9.17, 15) is 0 Å². The summed E-state index contributed by atoms with van der Waals surface area (Å²) in [6, 6.07) is 2.42. The Hall–Kier alpha value is -0.0800. The van der Waals surface area contributed by atoms with Crippen molar-refractivity contribution in [1.29, 1.82) is 0 Å². The zero-order valence-electron chi connectivity index (χ0n) is 12.3. The monoisotopic (exact) mass is 240 g/mol. The van der Waals surface area contributed by atoms with E-state index in [-0.39, 0.29) is 0 Å². The van der Waals surface area contributed by atoms with Crippen molar-refractivity contribution in [2.75, 3.05) is 13.1 Å². The third-order valence-corrected chi connectivity index (χ3v) is 4.38. The molecule has 0 spiro atoms. The van der Waals surface area contributed by atoms with Crippen LogP contribution in [0.4, 0.5) is 0 Å². The Balaban J connectivity index is 2.24. The fraction of sp³-hybridized carbons (Fsp3) is 1.00. The molecule has 102 valence electrons. The van der Waals surface area contributed by atoms with Gasteiger partial charge in [0.15, 0.2) is 0 Å². The highest BCUT2D eigenvalue weighted by Gasteiger charge is 2.28. The fourth-order valence-electron chi connectivity index (χ4n) is 3.23. The van der Waals surface area contributed by atoms with Gasteiger partial charge in [-0.1, -0.05) is 20.8 Å². The van der Waals surface area contributed by atoms with Gasteiger partial charge in [-0.15, -0.1) is 0 Å². The van der Waals surface area contributed by atoms with Crippen molar-refractivity contribution in [3.63, 3.8) is 0 Å². The van der Waals surface area contributed by atoms with E-state index in [1.54, 1.807) is 0 Å². The molecule has 2 heteroatoms. The summed E-state index contributed by atoms with van der Waals surface area (Å²) in [4.78, 5) is 2.75. The van der Waals surface area contributed by atoms with Crippen LogP contribution in [-0.2, 0) is 0 Å². The Labute approximate surface area is 108 Å². The van der Waals surface area contributed by atoms with Crippen LogP contribution in [0.3, 0.4) is 0 Å². The van der Waals surface area contributed by atoms with Gasteiger partial charge in [0.05, 0.1) is 0 Å². The van der Waals surface area contributed by atoms with Crippen LogP contribution >= 0.6 is 0 Å². The average Bonchev–Trinajstić information content (AvgIpc) is 2.69. The quantitative estimate of drug-likeness (QED) is 0.699. The first-order valence-corrected chi connectivity index (χ1v) is 7.71. The molecule has 1 heterocycles. The molecule has 1 rings (SSSR count). The summed E-state index contributed by atoms with van der Waals surface area (Å²) in [5.41, 5.74) is 0. The molecule has 17 heavy (non-hydrogen) atoms. The van der Waals surface area contributed by atoms with E-state index in [1.807, 2.05) is 0 Å². The molecular formula is C15H32N2. The second kappa shape index (κ2) is 8.10. The predicted molar refractivity (Wildman–Crippen MR) is 76.5 cm³/mol. The van der Waals surface area contributed by atoms with Gasteiger partial charge in [0.25, 0.3) is 0 Å². The van der Waals surface area contributed by atoms with Crippen LogP contribution in [-0.4, -0.2) is 36.1 Å². The Morgan fingerprint density at radius 3 is 2.59 bits per heavy atom. The summed E-state index contributed by atoms with van der Waals surface area (Å²) in [6.45, 7) is 11.6. The van der Waals surface area contributed by atoms with Gasteiger partial charge < -0.3 is 5.32 Å². The molecule has 0 radical (unpaired) electrons. The maximum Gasteiger partial charge on any atom is 0.00960 e. The molecule has 3 atom stereocenters. The van der Waals surface area contributed by atoms with Crippen molar-refractivity contribution in [1.82, 2.24) is 10.2 Å². The van der Waals surface area contributed by atoms with E-state index in [1.165, 1.54) is 45.1 Å².